The summed E-state index contributed by atoms with van der Waals surface area (Å²) in [5.74, 6) is 1.11. The van der Waals surface area contributed by atoms with E-state index in [1.807, 2.05) is 0 Å². The highest BCUT2D eigenvalue weighted by Crippen LogP contribution is 2.44. The van der Waals surface area contributed by atoms with Crippen LogP contribution in [0.15, 0.2) is 18.2 Å². The van der Waals surface area contributed by atoms with Gasteiger partial charge in [-0.15, -0.1) is 0 Å². The number of ether oxygens (including phenoxy) is 1. The molecule has 1 fully saturated rings. The molecule has 1 N–H and O–H groups in total. The van der Waals surface area contributed by atoms with Crippen LogP contribution in [0.25, 0.3) is 0 Å². The van der Waals surface area contributed by atoms with Gasteiger partial charge >= 0.3 is 0 Å². The molecule has 0 spiro atoms. The summed E-state index contributed by atoms with van der Waals surface area (Å²) in [5.41, 5.74) is 3.52. The van der Waals surface area contributed by atoms with Crippen LogP contribution in [-0.4, -0.2) is 19.7 Å². The smallest absolute Gasteiger partial charge is 0.123 e. The molecule has 1 aromatic rings. The zero-order valence-corrected chi connectivity index (χ0v) is 13.6. The number of aryl methyl sites for hydroxylation is 1. The molecule has 1 atom stereocenters. The Morgan fingerprint density at radius 3 is 2.81 bits per heavy atom. The van der Waals surface area contributed by atoms with Gasteiger partial charge in [-0.05, 0) is 75.2 Å². The van der Waals surface area contributed by atoms with Gasteiger partial charge in [0.25, 0.3) is 0 Å². The van der Waals surface area contributed by atoms with Gasteiger partial charge in [-0.3, -0.25) is 0 Å². The van der Waals surface area contributed by atoms with Gasteiger partial charge < -0.3 is 10.1 Å². The zero-order chi connectivity index (χ0) is 14.7. The third-order valence-electron chi connectivity index (χ3n) is 5.47. The maximum Gasteiger partial charge on any atom is 0.123 e. The minimum absolute atomic E-state index is 0.354. The van der Waals surface area contributed by atoms with E-state index in [1.165, 1.54) is 56.1 Å². The first-order valence-corrected chi connectivity index (χ1v) is 8.64. The minimum atomic E-state index is 0.354. The number of nitrogens with one attached hydrogen (secondary N) is 1. The van der Waals surface area contributed by atoms with E-state index in [-0.39, 0.29) is 0 Å². The van der Waals surface area contributed by atoms with E-state index in [0.29, 0.717) is 11.5 Å². The van der Waals surface area contributed by atoms with Crippen LogP contribution >= 0.6 is 0 Å². The lowest BCUT2D eigenvalue weighted by atomic mass is 9.77. The third-order valence-corrected chi connectivity index (χ3v) is 5.47. The molecule has 116 valence electrons. The van der Waals surface area contributed by atoms with Crippen molar-refractivity contribution >= 4 is 0 Å². The first-order chi connectivity index (χ1) is 10.2. The highest BCUT2D eigenvalue weighted by molar-refractivity contribution is 5.40. The SMILES string of the molecule is CNCCC1(CCc2ccc3c(c2)CC(C)O3)CCCC1. The van der Waals surface area contributed by atoms with E-state index in [2.05, 4.69) is 37.5 Å². The lowest BCUT2D eigenvalue weighted by Crippen LogP contribution is -2.23. The summed E-state index contributed by atoms with van der Waals surface area (Å²) in [6.07, 6.45) is 11.1. The van der Waals surface area contributed by atoms with Crippen LogP contribution in [0.2, 0.25) is 0 Å². The van der Waals surface area contributed by atoms with E-state index in [9.17, 15) is 0 Å². The van der Waals surface area contributed by atoms with Gasteiger partial charge in [0.05, 0.1) is 0 Å². The van der Waals surface area contributed by atoms with Crippen molar-refractivity contribution in [1.29, 1.82) is 0 Å². The maximum atomic E-state index is 5.80. The van der Waals surface area contributed by atoms with Crippen molar-refractivity contribution < 1.29 is 4.74 Å². The maximum absolute atomic E-state index is 5.80. The largest absolute Gasteiger partial charge is 0.490 e. The molecule has 2 aliphatic rings. The molecule has 1 saturated carbocycles. The van der Waals surface area contributed by atoms with E-state index >= 15 is 0 Å². The molecule has 2 nitrogen and oxygen atoms in total. The Morgan fingerprint density at radius 1 is 1.24 bits per heavy atom. The molecular formula is C19H29NO. The molecule has 2 heteroatoms. The van der Waals surface area contributed by atoms with Crippen molar-refractivity contribution in [2.45, 2.75) is 64.4 Å². The van der Waals surface area contributed by atoms with Crippen molar-refractivity contribution in [3.05, 3.63) is 29.3 Å². The summed E-state index contributed by atoms with van der Waals surface area (Å²) in [5, 5.41) is 3.34. The Balaban J connectivity index is 1.62. The van der Waals surface area contributed by atoms with Crippen molar-refractivity contribution in [2.24, 2.45) is 5.41 Å². The predicted molar refractivity (Wildman–Crippen MR) is 88.0 cm³/mol. The van der Waals surface area contributed by atoms with Crippen LogP contribution in [-0.2, 0) is 12.8 Å². The lowest BCUT2D eigenvalue weighted by Gasteiger charge is -2.29. The van der Waals surface area contributed by atoms with E-state index in [4.69, 9.17) is 4.74 Å². The van der Waals surface area contributed by atoms with Crippen LogP contribution in [0.5, 0.6) is 5.75 Å². The highest BCUT2D eigenvalue weighted by atomic mass is 16.5. The summed E-state index contributed by atoms with van der Waals surface area (Å²) >= 11 is 0. The van der Waals surface area contributed by atoms with Crippen LogP contribution in [0.3, 0.4) is 0 Å². The zero-order valence-electron chi connectivity index (χ0n) is 13.6. The number of hydrogen-bond donors (Lipinski definition) is 1. The summed E-state index contributed by atoms with van der Waals surface area (Å²) in [4.78, 5) is 0. The number of hydrogen-bond acceptors (Lipinski definition) is 2. The Bertz CT molecular complexity index is 476. The van der Waals surface area contributed by atoms with Crippen LogP contribution < -0.4 is 10.1 Å². The molecule has 0 saturated heterocycles. The van der Waals surface area contributed by atoms with Gasteiger partial charge in [0.2, 0.25) is 0 Å². The molecule has 1 aliphatic carbocycles. The molecular weight excluding hydrogens is 258 g/mol. The second-order valence-corrected chi connectivity index (χ2v) is 7.14. The molecule has 0 bridgehead atoms. The number of benzene rings is 1. The Kier molecular flexibility index (Phi) is 4.54. The third kappa shape index (κ3) is 3.42. The van der Waals surface area contributed by atoms with Crippen LogP contribution in [0.4, 0.5) is 0 Å². The topological polar surface area (TPSA) is 21.3 Å². The summed E-state index contributed by atoms with van der Waals surface area (Å²) < 4.78 is 5.80. The molecule has 1 aromatic carbocycles. The molecule has 1 aliphatic heterocycles. The number of rotatable bonds is 6. The van der Waals surface area contributed by atoms with Crippen LogP contribution in [0, 0.1) is 5.41 Å². The van der Waals surface area contributed by atoms with Crippen molar-refractivity contribution in [3.63, 3.8) is 0 Å². The summed E-state index contributed by atoms with van der Waals surface area (Å²) in [7, 11) is 2.07. The van der Waals surface area contributed by atoms with Gasteiger partial charge in [-0.25, -0.2) is 0 Å². The van der Waals surface area contributed by atoms with Crippen molar-refractivity contribution in [3.8, 4) is 5.75 Å². The average molecular weight is 287 g/mol. The first-order valence-electron chi connectivity index (χ1n) is 8.64. The minimum Gasteiger partial charge on any atom is -0.490 e. The van der Waals surface area contributed by atoms with Gasteiger partial charge in [0, 0.05) is 6.42 Å². The fraction of sp³-hybridized carbons (Fsp3) is 0.684. The molecule has 21 heavy (non-hydrogen) atoms. The van der Waals surface area contributed by atoms with E-state index in [1.54, 1.807) is 0 Å². The summed E-state index contributed by atoms with van der Waals surface area (Å²) in [6, 6.07) is 6.85. The molecule has 1 heterocycles. The van der Waals surface area contributed by atoms with E-state index < -0.39 is 0 Å². The summed E-state index contributed by atoms with van der Waals surface area (Å²) in [6.45, 7) is 3.32. The fourth-order valence-electron chi connectivity index (χ4n) is 4.18. The average Bonchev–Trinajstić information content (AvgIpc) is 3.08. The first kappa shape index (κ1) is 14.9. The number of fused-ring (bicyclic) bond motifs is 1. The van der Waals surface area contributed by atoms with Crippen LogP contribution in [0.1, 0.15) is 56.6 Å². The fourth-order valence-corrected chi connectivity index (χ4v) is 4.18. The molecule has 0 amide bonds. The van der Waals surface area contributed by atoms with Gasteiger partial charge in [-0.1, -0.05) is 25.0 Å². The highest BCUT2D eigenvalue weighted by Gasteiger charge is 2.32. The van der Waals surface area contributed by atoms with Gasteiger partial charge in [0.15, 0.2) is 0 Å². The molecule has 3 rings (SSSR count). The van der Waals surface area contributed by atoms with Gasteiger partial charge in [0.1, 0.15) is 11.9 Å². The second-order valence-electron chi connectivity index (χ2n) is 7.14. The predicted octanol–water partition coefficient (Wildman–Crippen LogP) is 4.11. The molecule has 0 aromatic heterocycles. The Morgan fingerprint density at radius 2 is 2.05 bits per heavy atom. The standard InChI is InChI=1S/C19H29NO/c1-15-13-17-14-16(5-6-18(17)21-15)7-10-19(11-12-20-2)8-3-4-9-19/h5-6,14-15,20H,3-4,7-13H2,1-2H3. The quantitative estimate of drug-likeness (QED) is 0.850. The Labute approximate surface area is 129 Å². The van der Waals surface area contributed by atoms with Crippen molar-refractivity contribution in [2.75, 3.05) is 13.6 Å². The Hall–Kier alpha value is -1.02. The molecule has 0 radical (unpaired) electrons. The lowest BCUT2D eigenvalue weighted by molar-refractivity contribution is 0.247. The van der Waals surface area contributed by atoms with E-state index in [0.717, 1.165) is 18.7 Å². The van der Waals surface area contributed by atoms with Crippen molar-refractivity contribution in [1.82, 2.24) is 5.32 Å². The van der Waals surface area contributed by atoms with Gasteiger partial charge in [-0.2, -0.15) is 0 Å². The molecule has 1 unspecified atom stereocenters. The monoisotopic (exact) mass is 287 g/mol. The second kappa shape index (κ2) is 6.39. The normalized spacial score (nSPS) is 23.0.